The molecule has 1 aliphatic heterocycles. The number of hydrogen-bond donors (Lipinski definition) is 1. The van der Waals surface area contributed by atoms with E-state index in [0.717, 1.165) is 43.9 Å². The summed E-state index contributed by atoms with van der Waals surface area (Å²) in [7, 11) is 0. The van der Waals surface area contributed by atoms with Crippen molar-refractivity contribution in [2.75, 3.05) is 11.9 Å². The van der Waals surface area contributed by atoms with E-state index in [2.05, 4.69) is 21.2 Å². The smallest absolute Gasteiger partial charge is 0.323 e. The number of carbonyl (C=O) groups is 2. The lowest BCUT2D eigenvalue weighted by atomic mass is 9.70. The van der Waals surface area contributed by atoms with Gasteiger partial charge in [-0.3, -0.25) is 9.69 Å². The number of nitrogens with one attached hydrogen (secondary N) is 1. The van der Waals surface area contributed by atoms with Crippen LogP contribution in [0.2, 0.25) is 0 Å². The van der Waals surface area contributed by atoms with E-state index in [1.165, 1.54) is 30.6 Å². The second-order valence-corrected chi connectivity index (χ2v) is 7.72. The molecular weight excluding hydrogens is 332 g/mol. The Labute approximate surface area is 135 Å². The molecule has 3 aliphatic rings. The third-order valence-electron chi connectivity index (χ3n) is 5.64. The van der Waals surface area contributed by atoms with Crippen LogP contribution < -0.4 is 5.32 Å². The lowest BCUT2D eigenvalue weighted by Gasteiger charge is -2.42. The summed E-state index contributed by atoms with van der Waals surface area (Å²) in [5.74, 6) is 0.0432. The Morgan fingerprint density at radius 3 is 2.10 bits per heavy atom. The number of imide groups is 1. The van der Waals surface area contributed by atoms with Gasteiger partial charge in [0.2, 0.25) is 0 Å². The molecule has 3 fully saturated rings. The maximum atomic E-state index is 12.9. The molecule has 3 rings (SSSR count). The van der Waals surface area contributed by atoms with Crippen LogP contribution in [0.4, 0.5) is 4.79 Å². The van der Waals surface area contributed by atoms with Gasteiger partial charge < -0.3 is 5.32 Å². The molecule has 1 N–H and O–H groups in total. The third-order valence-corrected chi connectivity index (χ3v) is 6.83. The Morgan fingerprint density at radius 1 is 0.952 bits per heavy atom. The van der Waals surface area contributed by atoms with Crippen molar-refractivity contribution in [1.29, 1.82) is 0 Å². The highest BCUT2D eigenvalue weighted by molar-refractivity contribution is 9.09. The number of amides is 3. The van der Waals surface area contributed by atoms with Crippen molar-refractivity contribution in [2.45, 2.75) is 69.7 Å². The van der Waals surface area contributed by atoms with Gasteiger partial charge in [-0.1, -0.05) is 54.5 Å². The summed E-state index contributed by atoms with van der Waals surface area (Å²) in [5, 5.41) is 3.93. The van der Waals surface area contributed by atoms with E-state index < -0.39 is 5.54 Å². The minimum atomic E-state index is -0.589. The molecule has 0 radical (unpaired) electrons. The van der Waals surface area contributed by atoms with Gasteiger partial charge in [-0.05, 0) is 31.1 Å². The summed E-state index contributed by atoms with van der Waals surface area (Å²) in [5.41, 5.74) is -0.463. The van der Waals surface area contributed by atoms with Gasteiger partial charge in [-0.15, -0.1) is 0 Å². The monoisotopic (exact) mass is 356 g/mol. The topological polar surface area (TPSA) is 49.4 Å². The number of rotatable bonds is 3. The van der Waals surface area contributed by atoms with E-state index in [9.17, 15) is 9.59 Å². The molecule has 1 spiro atoms. The van der Waals surface area contributed by atoms with E-state index >= 15 is 0 Å². The molecule has 2 saturated carbocycles. The highest BCUT2D eigenvalue weighted by atomic mass is 79.9. The molecular formula is C16H25BrN2O2. The maximum absolute atomic E-state index is 12.9. The van der Waals surface area contributed by atoms with Crippen molar-refractivity contribution >= 4 is 27.9 Å². The zero-order valence-corrected chi connectivity index (χ0v) is 14.2. The summed E-state index contributed by atoms with van der Waals surface area (Å²) >= 11 is 3.57. The molecule has 118 valence electrons. The van der Waals surface area contributed by atoms with Gasteiger partial charge in [-0.2, -0.15) is 0 Å². The minimum absolute atomic E-state index is 0.0432. The Morgan fingerprint density at radius 2 is 1.57 bits per heavy atom. The molecule has 0 bridgehead atoms. The average Bonchev–Trinajstić information content (AvgIpc) is 2.63. The number of urea groups is 1. The highest BCUT2D eigenvalue weighted by Crippen LogP contribution is 2.44. The number of carbonyl (C=O) groups excluding carboxylic acids is 2. The molecule has 0 aromatic carbocycles. The van der Waals surface area contributed by atoms with Gasteiger partial charge >= 0.3 is 6.03 Å². The van der Waals surface area contributed by atoms with Crippen LogP contribution in [0.3, 0.4) is 0 Å². The standard InChI is InChI=1S/C16H25BrN2O2/c17-11-15(7-6-8-15)12-19-13(20)16(18-14(19)21)9-4-2-1-3-5-10-16/h1-12H2,(H,18,21). The molecule has 0 unspecified atom stereocenters. The van der Waals surface area contributed by atoms with Crippen LogP contribution in [0, 0.1) is 5.41 Å². The fourth-order valence-corrected chi connectivity index (χ4v) is 4.75. The summed E-state index contributed by atoms with van der Waals surface area (Å²) in [6, 6.07) is -0.159. The predicted octanol–water partition coefficient (Wildman–Crippen LogP) is 3.59. The molecule has 0 aromatic heterocycles. The second kappa shape index (κ2) is 5.90. The van der Waals surface area contributed by atoms with Gasteiger partial charge in [0.25, 0.3) is 5.91 Å². The van der Waals surface area contributed by atoms with E-state index in [1.807, 2.05) is 0 Å². The van der Waals surface area contributed by atoms with Gasteiger partial charge in [0, 0.05) is 11.9 Å². The lowest BCUT2D eigenvalue weighted by molar-refractivity contribution is -0.133. The molecule has 0 aromatic rings. The normalized spacial score (nSPS) is 28.0. The van der Waals surface area contributed by atoms with Crippen LogP contribution in [0.5, 0.6) is 0 Å². The second-order valence-electron chi connectivity index (χ2n) is 7.16. The Balaban J connectivity index is 1.74. The molecule has 2 aliphatic carbocycles. The lowest BCUT2D eigenvalue weighted by Crippen LogP contribution is -2.49. The van der Waals surface area contributed by atoms with E-state index in [0.29, 0.717) is 6.54 Å². The van der Waals surface area contributed by atoms with Crippen molar-refractivity contribution in [2.24, 2.45) is 5.41 Å². The maximum Gasteiger partial charge on any atom is 0.325 e. The van der Waals surface area contributed by atoms with Gasteiger partial charge in [-0.25, -0.2) is 4.79 Å². The molecule has 3 amide bonds. The first-order valence-corrected chi connectivity index (χ1v) is 9.43. The van der Waals surface area contributed by atoms with Gasteiger partial charge in [0.1, 0.15) is 5.54 Å². The Hall–Kier alpha value is -0.580. The van der Waals surface area contributed by atoms with Crippen LogP contribution >= 0.6 is 15.9 Å². The van der Waals surface area contributed by atoms with Crippen LogP contribution in [0.25, 0.3) is 0 Å². The fraction of sp³-hybridized carbons (Fsp3) is 0.875. The first-order valence-electron chi connectivity index (χ1n) is 8.31. The summed E-state index contributed by atoms with van der Waals surface area (Å²) in [6.45, 7) is 0.588. The number of hydrogen-bond acceptors (Lipinski definition) is 2. The van der Waals surface area contributed by atoms with Crippen molar-refractivity contribution in [3.05, 3.63) is 0 Å². The molecule has 0 atom stereocenters. The number of halogens is 1. The van der Waals surface area contributed by atoms with E-state index in [-0.39, 0.29) is 17.4 Å². The number of alkyl halides is 1. The van der Waals surface area contributed by atoms with Crippen LogP contribution in [0.15, 0.2) is 0 Å². The van der Waals surface area contributed by atoms with Gasteiger partial charge in [0.05, 0.1) is 0 Å². The minimum Gasteiger partial charge on any atom is -0.323 e. The fourth-order valence-electron chi connectivity index (χ4n) is 4.01. The summed E-state index contributed by atoms with van der Waals surface area (Å²) in [4.78, 5) is 26.8. The Kier molecular flexibility index (Phi) is 4.30. The van der Waals surface area contributed by atoms with E-state index in [1.54, 1.807) is 0 Å². The van der Waals surface area contributed by atoms with Crippen LogP contribution in [0.1, 0.15) is 64.2 Å². The molecule has 5 heteroatoms. The highest BCUT2D eigenvalue weighted by Gasteiger charge is 2.52. The van der Waals surface area contributed by atoms with Gasteiger partial charge in [0.15, 0.2) is 0 Å². The quantitative estimate of drug-likeness (QED) is 0.620. The molecule has 4 nitrogen and oxygen atoms in total. The largest absolute Gasteiger partial charge is 0.325 e. The third kappa shape index (κ3) is 2.73. The molecule has 1 saturated heterocycles. The van der Waals surface area contributed by atoms with Crippen molar-refractivity contribution in [3.63, 3.8) is 0 Å². The predicted molar refractivity (Wildman–Crippen MR) is 85.4 cm³/mol. The Bertz CT molecular complexity index is 420. The van der Waals surface area contributed by atoms with Crippen LogP contribution in [-0.2, 0) is 4.79 Å². The van der Waals surface area contributed by atoms with E-state index in [4.69, 9.17) is 0 Å². The van der Waals surface area contributed by atoms with Crippen LogP contribution in [-0.4, -0.2) is 34.3 Å². The van der Waals surface area contributed by atoms with Crippen molar-refractivity contribution in [3.8, 4) is 0 Å². The zero-order chi connectivity index (χ0) is 14.9. The number of nitrogens with zero attached hydrogens (tertiary/aromatic N) is 1. The zero-order valence-electron chi connectivity index (χ0n) is 12.6. The first-order chi connectivity index (χ1) is 10.1. The summed E-state index contributed by atoms with van der Waals surface area (Å²) in [6.07, 6.45) is 10.8. The molecule has 1 heterocycles. The SMILES string of the molecule is O=C1NC2(CCCCCCC2)C(=O)N1CC1(CBr)CCC1. The average molecular weight is 357 g/mol. The van der Waals surface area contributed by atoms with Crippen molar-refractivity contribution < 1.29 is 9.59 Å². The van der Waals surface area contributed by atoms with Crippen molar-refractivity contribution in [1.82, 2.24) is 10.2 Å². The first kappa shape index (κ1) is 15.3. The molecule has 21 heavy (non-hydrogen) atoms. The summed E-state index contributed by atoms with van der Waals surface area (Å²) < 4.78 is 0.